The molecule has 0 radical (unpaired) electrons. The molecule has 0 aliphatic carbocycles. The van der Waals surface area contributed by atoms with E-state index in [-0.39, 0.29) is 10.8 Å². The second-order valence-electron chi connectivity index (χ2n) is 10.7. The lowest BCUT2D eigenvalue weighted by Gasteiger charge is -2.19. The first-order valence-electron chi connectivity index (χ1n) is 12.2. The normalized spacial score (nSPS) is 12.3. The van der Waals surface area contributed by atoms with Gasteiger partial charge in [-0.2, -0.15) is 0 Å². The first-order chi connectivity index (χ1) is 15.2. The smallest absolute Gasteiger partial charge is 0.0206 e. The van der Waals surface area contributed by atoms with Gasteiger partial charge in [-0.1, -0.05) is 90.1 Å². The van der Waals surface area contributed by atoms with Crippen molar-refractivity contribution in [1.82, 2.24) is 21.3 Å². The van der Waals surface area contributed by atoms with Gasteiger partial charge in [0, 0.05) is 52.4 Å². The Balaban J connectivity index is 1.42. The summed E-state index contributed by atoms with van der Waals surface area (Å²) in [5, 5.41) is 14.0. The van der Waals surface area contributed by atoms with Crippen molar-refractivity contribution in [2.75, 3.05) is 39.3 Å². The van der Waals surface area contributed by atoms with E-state index in [9.17, 15) is 0 Å². The third-order valence-corrected chi connectivity index (χ3v) is 5.73. The zero-order valence-electron chi connectivity index (χ0n) is 21.3. The molecule has 0 heterocycles. The molecule has 32 heavy (non-hydrogen) atoms. The molecule has 4 N–H and O–H groups in total. The van der Waals surface area contributed by atoms with E-state index in [0.717, 1.165) is 52.4 Å². The molecular weight excluding hydrogens is 392 g/mol. The van der Waals surface area contributed by atoms with Crippen LogP contribution in [0.3, 0.4) is 0 Å². The van der Waals surface area contributed by atoms with Gasteiger partial charge >= 0.3 is 0 Å². The molecule has 2 aromatic rings. The van der Waals surface area contributed by atoms with Gasteiger partial charge in [0.2, 0.25) is 0 Å². The molecule has 0 unspecified atom stereocenters. The molecular formula is C28H46N4. The highest BCUT2D eigenvalue weighted by atomic mass is 15.0. The van der Waals surface area contributed by atoms with E-state index in [1.807, 2.05) is 0 Å². The lowest BCUT2D eigenvalue weighted by atomic mass is 9.87. The summed E-state index contributed by atoms with van der Waals surface area (Å²) in [6.07, 6.45) is 0. The monoisotopic (exact) mass is 438 g/mol. The van der Waals surface area contributed by atoms with Crippen LogP contribution in [0.1, 0.15) is 63.8 Å². The van der Waals surface area contributed by atoms with Gasteiger partial charge in [-0.25, -0.2) is 0 Å². The van der Waals surface area contributed by atoms with Gasteiger partial charge < -0.3 is 21.3 Å². The third kappa shape index (κ3) is 10.3. The molecule has 2 rings (SSSR count). The minimum atomic E-state index is 0.221. The summed E-state index contributed by atoms with van der Waals surface area (Å²) in [4.78, 5) is 0. The van der Waals surface area contributed by atoms with E-state index in [2.05, 4.69) is 111 Å². The highest BCUT2D eigenvalue weighted by Gasteiger charge is 2.13. The Morgan fingerprint density at radius 3 is 1.00 bits per heavy atom. The molecule has 4 nitrogen and oxygen atoms in total. The van der Waals surface area contributed by atoms with Crippen LogP contribution in [0.2, 0.25) is 0 Å². The average Bonchev–Trinajstić information content (AvgIpc) is 2.74. The van der Waals surface area contributed by atoms with Crippen molar-refractivity contribution in [1.29, 1.82) is 0 Å². The van der Waals surface area contributed by atoms with Gasteiger partial charge in [-0.05, 0) is 33.1 Å². The minimum Gasteiger partial charge on any atom is -0.314 e. The van der Waals surface area contributed by atoms with Crippen LogP contribution in [0.4, 0.5) is 0 Å². The molecule has 0 fully saturated rings. The maximum absolute atomic E-state index is 3.51. The summed E-state index contributed by atoms with van der Waals surface area (Å²) in [5.41, 5.74) is 5.91. The quantitative estimate of drug-likeness (QED) is 0.351. The molecule has 0 aliphatic heterocycles. The van der Waals surface area contributed by atoms with Crippen molar-refractivity contribution in [3.63, 3.8) is 0 Å². The lowest BCUT2D eigenvalue weighted by molar-refractivity contribution is 0.565. The van der Waals surface area contributed by atoms with Crippen LogP contribution in [0.15, 0.2) is 48.5 Å². The first-order valence-corrected chi connectivity index (χ1v) is 12.2. The van der Waals surface area contributed by atoms with E-state index >= 15 is 0 Å². The highest BCUT2D eigenvalue weighted by molar-refractivity contribution is 5.28. The standard InChI is InChI=1S/C28H46N4/c1-27(2,3)25-11-7-23(8-12-25)21-31-19-17-29-15-16-30-18-20-32-22-24-9-13-26(14-10-24)28(4,5)6/h7-14,29-32H,15-22H2,1-6H3. The third-order valence-electron chi connectivity index (χ3n) is 5.73. The number of nitrogens with one attached hydrogen (secondary N) is 4. The van der Waals surface area contributed by atoms with E-state index in [0.29, 0.717) is 0 Å². The fraction of sp³-hybridized carbons (Fsp3) is 0.571. The van der Waals surface area contributed by atoms with E-state index in [1.165, 1.54) is 22.3 Å². The van der Waals surface area contributed by atoms with Crippen LogP contribution in [0.5, 0.6) is 0 Å². The number of hydrogen-bond acceptors (Lipinski definition) is 4. The summed E-state index contributed by atoms with van der Waals surface area (Å²) in [6.45, 7) is 21.3. The van der Waals surface area contributed by atoms with Crippen LogP contribution in [-0.4, -0.2) is 39.3 Å². The number of rotatable bonds is 13. The Bertz CT molecular complexity index is 685. The Kier molecular flexibility index (Phi) is 10.9. The van der Waals surface area contributed by atoms with Gasteiger partial charge in [0.05, 0.1) is 0 Å². The van der Waals surface area contributed by atoms with E-state index in [1.54, 1.807) is 0 Å². The molecule has 2 aromatic carbocycles. The molecule has 0 aromatic heterocycles. The average molecular weight is 439 g/mol. The Morgan fingerprint density at radius 1 is 0.438 bits per heavy atom. The van der Waals surface area contributed by atoms with Gasteiger partial charge in [0.1, 0.15) is 0 Å². The van der Waals surface area contributed by atoms with Crippen molar-refractivity contribution in [2.24, 2.45) is 0 Å². The highest BCUT2D eigenvalue weighted by Crippen LogP contribution is 2.22. The summed E-state index contributed by atoms with van der Waals surface area (Å²) in [6, 6.07) is 17.9. The van der Waals surface area contributed by atoms with Crippen LogP contribution in [0, 0.1) is 0 Å². The van der Waals surface area contributed by atoms with Gasteiger partial charge in [-0.15, -0.1) is 0 Å². The molecule has 0 spiro atoms. The molecule has 178 valence electrons. The maximum atomic E-state index is 3.51. The Morgan fingerprint density at radius 2 is 0.719 bits per heavy atom. The predicted octanol–water partition coefficient (Wildman–Crippen LogP) is 4.34. The topological polar surface area (TPSA) is 48.1 Å². The molecule has 0 bridgehead atoms. The first kappa shape index (κ1) is 26.5. The largest absolute Gasteiger partial charge is 0.314 e. The second-order valence-corrected chi connectivity index (χ2v) is 10.7. The Labute approximate surface area is 197 Å². The maximum Gasteiger partial charge on any atom is 0.0206 e. The van der Waals surface area contributed by atoms with Gasteiger partial charge in [0.15, 0.2) is 0 Å². The van der Waals surface area contributed by atoms with Crippen LogP contribution < -0.4 is 21.3 Å². The summed E-state index contributed by atoms with van der Waals surface area (Å²) >= 11 is 0. The zero-order valence-corrected chi connectivity index (χ0v) is 21.3. The van der Waals surface area contributed by atoms with E-state index < -0.39 is 0 Å². The zero-order chi connectivity index (χ0) is 23.5. The van der Waals surface area contributed by atoms with Crippen molar-refractivity contribution in [2.45, 2.75) is 65.5 Å². The van der Waals surface area contributed by atoms with Crippen LogP contribution in [0.25, 0.3) is 0 Å². The summed E-state index contributed by atoms with van der Waals surface area (Å²) < 4.78 is 0. The van der Waals surface area contributed by atoms with E-state index in [4.69, 9.17) is 0 Å². The molecule has 0 amide bonds. The molecule has 0 saturated carbocycles. The molecule has 0 saturated heterocycles. The lowest BCUT2D eigenvalue weighted by Crippen LogP contribution is -2.35. The molecule has 0 aliphatic rings. The van der Waals surface area contributed by atoms with Gasteiger partial charge in [0.25, 0.3) is 0 Å². The summed E-state index contributed by atoms with van der Waals surface area (Å²) in [7, 11) is 0. The van der Waals surface area contributed by atoms with Crippen LogP contribution in [-0.2, 0) is 23.9 Å². The SMILES string of the molecule is CC(C)(C)c1ccc(CNCCNCCNCCNCc2ccc(C(C)(C)C)cc2)cc1. The number of benzene rings is 2. The Hall–Kier alpha value is -1.72. The van der Waals surface area contributed by atoms with Crippen molar-refractivity contribution < 1.29 is 0 Å². The van der Waals surface area contributed by atoms with Gasteiger partial charge in [-0.3, -0.25) is 0 Å². The minimum absolute atomic E-state index is 0.221. The van der Waals surface area contributed by atoms with Crippen LogP contribution >= 0.6 is 0 Å². The molecule has 0 atom stereocenters. The fourth-order valence-electron chi connectivity index (χ4n) is 3.49. The fourth-order valence-corrected chi connectivity index (χ4v) is 3.49. The second kappa shape index (κ2) is 13.1. The number of hydrogen-bond donors (Lipinski definition) is 4. The predicted molar refractivity (Wildman–Crippen MR) is 139 cm³/mol. The molecule has 4 heteroatoms. The van der Waals surface area contributed by atoms with Crippen molar-refractivity contribution >= 4 is 0 Å². The van der Waals surface area contributed by atoms with Crippen molar-refractivity contribution in [3.8, 4) is 0 Å². The summed E-state index contributed by atoms with van der Waals surface area (Å²) in [5.74, 6) is 0. The van der Waals surface area contributed by atoms with Crippen molar-refractivity contribution in [3.05, 3.63) is 70.8 Å².